The summed E-state index contributed by atoms with van der Waals surface area (Å²) in [4.78, 5) is 9.64. The first kappa shape index (κ1) is 14.0. The van der Waals surface area contributed by atoms with E-state index in [4.69, 9.17) is 4.98 Å². The highest BCUT2D eigenvalue weighted by atomic mass is 32.1. The van der Waals surface area contributed by atoms with Gasteiger partial charge in [-0.2, -0.15) is 4.37 Å². The number of piperazine rings is 1. The van der Waals surface area contributed by atoms with E-state index < -0.39 is 0 Å². The Morgan fingerprint density at radius 2 is 1.77 bits per heavy atom. The molecule has 0 bridgehead atoms. The van der Waals surface area contributed by atoms with Crippen molar-refractivity contribution in [2.75, 3.05) is 36.0 Å². The number of anilines is 2. The molecule has 0 radical (unpaired) electrons. The molecule has 4 rings (SSSR count). The fourth-order valence-electron chi connectivity index (χ4n) is 3.08. The molecule has 22 heavy (non-hydrogen) atoms. The first-order chi connectivity index (χ1) is 10.7. The zero-order chi connectivity index (χ0) is 15.1. The molecule has 0 amide bonds. The molecule has 1 aromatic carbocycles. The maximum Gasteiger partial charge on any atom is 0.205 e. The van der Waals surface area contributed by atoms with E-state index >= 15 is 0 Å². The average molecular weight is 314 g/mol. The Bertz CT molecular complexity index is 669. The predicted molar refractivity (Wildman–Crippen MR) is 92.2 cm³/mol. The van der Waals surface area contributed by atoms with Crippen molar-refractivity contribution in [3.8, 4) is 0 Å². The molecule has 0 unspecified atom stereocenters. The van der Waals surface area contributed by atoms with E-state index in [-0.39, 0.29) is 0 Å². The van der Waals surface area contributed by atoms with Crippen molar-refractivity contribution >= 4 is 22.4 Å². The van der Waals surface area contributed by atoms with Gasteiger partial charge in [-0.1, -0.05) is 12.1 Å². The summed E-state index contributed by atoms with van der Waals surface area (Å²) >= 11 is 1.57. The molecular weight excluding hydrogens is 292 g/mol. The largest absolute Gasteiger partial charge is 0.368 e. The predicted octanol–water partition coefficient (Wildman–Crippen LogP) is 3.36. The lowest BCUT2D eigenvalue weighted by molar-refractivity contribution is 0.650. The molecular formula is C17H22N4S. The van der Waals surface area contributed by atoms with Crippen molar-refractivity contribution in [2.24, 2.45) is 0 Å². The lowest BCUT2D eigenvalue weighted by Crippen LogP contribution is -2.46. The van der Waals surface area contributed by atoms with Crippen molar-refractivity contribution in [1.29, 1.82) is 0 Å². The summed E-state index contributed by atoms with van der Waals surface area (Å²) in [5, 5.41) is 1.11. The van der Waals surface area contributed by atoms with E-state index in [2.05, 4.69) is 46.2 Å². The number of hydrogen-bond donors (Lipinski definition) is 0. The maximum atomic E-state index is 4.74. The van der Waals surface area contributed by atoms with Gasteiger partial charge in [-0.05, 0) is 43.9 Å². The van der Waals surface area contributed by atoms with E-state index in [1.807, 2.05) is 0 Å². The first-order valence-electron chi connectivity index (χ1n) is 8.12. The summed E-state index contributed by atoms with van der Waals surface area (Å²) in [6, 6.07) is 6.60. The highest BCUT2D eigenvalue weighted by Crippen LogP contribution is 2.39. The third-order valence-electron chi connectivity index (χ3n) is 4.84. The van der Waals surface area contributed by atoms with Crippen LogP contribution in [0.4, 0.5) is 10.8 Å². The molecule has 2 aromatic rings. The highest BCUT2D eigenvalue weighted by molar-refractivity contribution is 7.09. The molecule has 1 aromatic heterocycles. The van der Waals surface area contributed by atoms with Gasteiger partial charge in [-0.3, -0.25) is 0 Å². The number of hydrogen-bond acceptors (Lipinski definition) is 5. The molecule has 1 saturated heterocycles. The summed E-state index contributed by atoms with van der Waals surface area (Å²) < 4.78 is 4.53. The second kappa shape index (κ2) is 5.54. The van der Waals surface area contributed by atoms with Gasteiger partial charge in [0.2, 0.25) is 5.13 Å². The smallest absolute Gasteiger partial charge is 0.205 e. The highest BCUT2D eigenvalue weighted by Gasteiger charge is 2.29. The van der Waals surface area contributed by atoms with Gasteiger partial charge in [0.25, 0.3) is 0 Å². The van der Waals surface area contributed by atoms with Crippen LogP contribution in [0.2, 0.25) is 0 Å². The Kier molecular flexibility index (Phi) is 3.53. The van der Waals surface area contributed by atoms with Gasteiger partial charge in [0.1, 0.15) is 5.82 Å². The van der Waals surface area contributed by atoms with E-state index in [0.717, 1.165) is 37.1 Å². The summed E-state index contributed by atoms with van der Waals surface area (Å²) in [5.41, 5.74) is 4.16. The number of aromatic nitrogens is 2. The average Bonchev–Trinajstić information content (AvgIpc) is 3.28. The van der Waals surface area contributed by atoms with Crippen LogP contribution < -0.4 is 9.80 Å². The molecule has 1 saturated carbocycles. The Labute approximate surface area is 136 Å². The molecule has 0 atom stereocenters. The van der Waals surface area contributed by atoms with Gasteiger partial charge in [-0.25, -0.2) is 4.98 Å². The zero-order valence-corrected chi connectivity index (χ0v) is 14.1. The maximum absolute atomic E-state index is 4.74. The van der Waals surface area contributed by atoms with Gasteiger partial charge >= 0.3 is 0 Å². The van der Waals surface area contributed by atoms with Crippen molar-refractivity contribution in [3.05, 3.63) is 35.2 Å². The number of benzene rings is 1. The Morgan fingerprint density at radius 3 is 2.50 bits per heavy atom. The molecule has 2 fully saturated rings. The molecule has 1 aliphatic heterocycles. The Balaban J connectivity index is 1.44. The molecule has 4 nitrogen and oxygen atoms in total. The minimum atomic E-state index is 0.654. The summed E-state index contributed by atoms with van der Waals surface area (Å²) in [5.74, 6) is 1.73. The quantitative estimate of drug-likeness (QED) is 0.869. The monoisotopic (exact) mass is 314 g/mol. The summed E-state index contributed by atoms with van der Waals surface area (Å²) in [6.45, 7) is 8.60. The van der Waals surface area contributed by atoms with Crippen LogP contribution in [0, 0.1) is 13.8 Å². The summed E-state index contributed by atoms with van der Waals surface area (Å²) in [6.07, 6.45) is 2.55. The van der Waals surface area contributed by atoms with Gasteiger partial charge < -0.3 is 9.80 Å². The molecule has 2 heterocycles. The van der Waals surface area contributed by atoms with Crippen molar-refractivity contribution < 1.29 is 0 Å². The van der Waals surface area contributed by atoms with E-state index in [1.54, 1.807) is 11.5 Å². The topological polar surface area (TPSA) is 32.3 Å². The van der Waals surface area contributed by atoms with Crippen molar-refractivity contribution in [3.63, 3.8) is 0 Å². The normalized spacial score (nSPS) is 18.8. The number of nitrogens with zero attached hydrogens (tertiary/aromatic N) is 4. The van der Waals surface area contributed by atoms with Crippen LogP contribution in [0.5, 0.6) is 0 Å². The zero-order valence-electron chi connectivity index (χ0n) is 13.2. The second-order valence-electron chi connectivity index (χ2n) is 6.40. The van der Waals surface area contributed by atoms with Crippen molar-refractivity contribution in [2.45, 2.75) is 32.6 Å². The fraction of sp³-hybridized carbons (Fsp3) is 0.529. The Hall–Kier alpha value is -1.62. The molecule has 5 heteroatoms. The SMILES string of the molecule is Cc1cccc(N2CCN(c3nc(C4CC4)ns3)CC2)c1C. The van der Waals surface area contributed by atoms with Crippen molar-refractivity contribution in [1.82, 2.24) is 9.36 Å². The minimum Gasteiger partial charge on any atom is -0.368 e. The number of aryl methyl sites for hydroxylation is 1. The minimum absolute atomic E-state index is 0.654. The van der Waals surface area contributed by atoms with E-state index in [9.17, 15) is 0 Å². The van der Waals surface area contributed by atoms with E-state index in [1.165, 1.54) is 29.7 Å². The Morgan fingerprint density at radius 1 is 1.05 bits per heavy atom. The third kappa shape index (κ3) is 2.58. The molecule has 2 aliphatic rings. The molecule has 1 aliphatic carbocycles. The lowest BCUT2D eigenvalue weighted by atomic mass is 10.1. The van der Waals surface area contributed by atoms with E-state index in [0.29, 0.717) is 5.92 Å². The number of rotatable bonds is 3. The van der Waals surface area contributed by atoms with Gasteiger partial charge in [0.05, 0.1) is 0 Å². The van der Waals surface area contributed by atoms with Gasteiger partial charge in [0.15, 0.2) is 0 Å². The molecule has 0 N–H and O–H groups in total. The standard InChI is InChI=1S/C17H22N4S/c1-12-4-3-5-15(13(12)2)20-8-10-21(11-9-20)17-18-16(19-22-17)14-6-7-14/h3-5,14H,6-11H2,1-2H3. The lowest BCUT2D eigenvalue weighted by Gasteiger charge is -2.36. The van der Waals surface area contributed by atoms with Gasteiger partial charge in [-0.15, -0.1) is 0 Å². The molecule has 116 valence electrons. The summed E-state index contributed by atoms with van der Waals surface area (Å²) in [7, 11) is 0. The van der Waals surface area contributed by atoms with Crippen LogP contribution in [0.3, 0.4) is 0 Å². The van der Waals surface area contributed by atoms with Crippen LogP contribution in [0.25, 0.3) is 0 Å². The van der Waals surface area contributed by atoms with Gasteiger partial charge in [0, 0.05) is 49.3 Å². The molecule has 0 spiro atoms. The second-order valence-corrected chi connectivity index (χ2v) is 7.13. The van der Waals surface area contributed by atoms with Crippen LogP contribution >= 0.6 is 11.5 Å². The third-order valence-corrected chi connectivity index (χ3v) is 5.63. The van der Waals surface area contributed by atoms with Crippen LogP contribution in [0.15, 0.2) is 18.2 Å². The van der Waals surface area contributed by atoms with Crippen LogP contribution in [-0.4, -0.2) is 35.5 Å². The first-order valence-corrected chi connectivity index (χ1v) is 8.89. The van der Waals surface area contributed by atoms with Crippen LogP contribution in [-0.2, 0) is 0 Å². The van der Waals surface area contributed by atoms with Crippen LogP contribution in [0.1, 0.15) is 35.7 Å². The fourth-order valence-corrected chi connectivity index (χ4v) is 3.88.